The molecule has 20 heavy (non-hydrogen) atoms. The van der Waals surface area contributed by atoms with Crippen molar-refractivity contribution >= 4 is 0 Å². The average molecular weight is 267 g/mol. The van der Waals surface area contributed by atoms with Crippen LogP contribution < -0.4 is 5.32 Å². The lowest BCUT2D eigenvalue weighted by atomic mass is 9.86. The van der Waals surface area contributed by atoms with Gasteiger partial charge in [0.15, 0.2) is 0 Å². The Bertz CT molecular complexity index is 600. The first-order valence-corrected chi connectivity index (χ1v) is 7.26. The van der Waals surface area contributed by atoms with Gasteiger partial charge in [0.25, 0.3) is 0 Å². The Morgan fingerprint density at radius 3 is 1.95 bits per heavy atom. The van der Waals surface area contributed by atoms with Crippen LogP contribution in [-0.4, -0.2) is 7.05 Å². The van der Waals surface area contributed by atoms with Gasteiger partial charge in [-0.2, -0.15) is 0 Å². The van der Waals surface area contributed by atoms with E-state index in [0.717, 1.165) is 0 Å². The summed E-state index contributed by atoms with van der Waals surface area (Å²) in [5.74, 6) is 0. The highest BCUT2D eigenvalue weighted by Crippen LogP contribution is 2.31. The van der Waals surface area contributed by atoms with E-state index in [1.807, 2.05) is 7.05 Å². The minimum Gasteiger partial charge on any atom is -0.309 e. The van der Waals surface area contributed by atoms with Gasteiger partial charge in [0.05, 0.1) is 6.04 Å². The summed E-state index contributed by atoms with van der Waals surface area (Å²) in [6.07, 6.45) is 0. The molecule has 0 heterocycles. The van der Waals surface area contributed by atoms with Crippen molar-refractivity contribution in [3.05, 3.63) is 69.3 Å². The molecule has 1 unspecified atom stereocenters. The summed E-state index contributed by atoms with van der Waals surface area (Å²) >= 11 is 0. The summed E-state index contributed by atoms with van der Waals surface area (Å²) in [5, 5.41) is 3.50. The molecule has 1 atom stereocenters. The van der Waals surface area contributed by atoms with Crippen LogP contribution in [0.4, 0.5) is 0 Å². The quantitative estimate of drug-likeness (QED) is 0.861. The molecule has 2 aromatic carbocycles. The van der Waals surface area contributed by atoms with Crippen molar-refractivity contribution in [3.8, 4) is 0 Å². The molecular weight excluding hydrogens is 242 g/mol. The van der Waals surface area contributed by atoms with Gasteiger partial charge in [-0.1, -0.05) is 35.9 Å². The van der Waals surface area contributed by atoms with E-state index in [2.05, 4.69) is 70.3 Å². The normalized spacial score (nSPS) is 12.5. The van der Waals surface area contributed by atoms with Crippen molar-refractivity contribution in [2.45, 2.75) is 40.7 Å². The molecule has 2 rings (SSSR count). The fourth-order valence-corrected chi connectivity index (χ4v) is 3.01. The van der Waals surface area contributed by atoms with Crippen LogP contribution in [0.25, 0.3) is 0 Å². The predicted octanol–water partition coefficient (Wildman–Crippen LogP) is 4.54. The van der Waals surface area contributed by atoms with Crippen molar-refractivity contribution in [2.24, 2.45) is 0 Å². The fourth-order valence-electron chi connectivity index (χ4n) is 3.01. The van der Waals surface area contributed by atoms with Crippen LogP contribution in [0.3, 0.4) is 0 Å². The molecule has 106 valence electrons. The number of rotatable bonds is 3. The maximum absolute atomic E-state index is 3.50. The Hall–Kier alpha value is -1.60. The molecule has 1 nitrogen and oxygen atoms in total. The maximum atomic E-state index is 3.50. The van der Waals surface area contributed by atoms with Gasteiger partial charge >= 0.3 is 0 Å². The molecule has 0 aromatic heterocycles. The zero-order valence-corrected chi connectivity index (χ0v) is 13.5. The van der Waals surface area contributed by atoms with Crippen LogP contribution in [0.15, 0.2) is 30.3 Å². The largest absolute Gasteiger partial charge is 0.309 e. The lowest BCUT2D eigenvalue weighted by Crippen LogP contribution is -2.20. The third-order valence-corrected chi connectivity index (χ3v) is 4.38. The van der Waals surface area contributed by atoms with Gasteiger partial charge in [-0.25, -0.2) is 0 Å². The van der Waals surface area contributed by atoms with E-state index in [1.165, 1.54) is 38.9 Å². The Balaban J connectivity index is 2.64. The van der Waals surface area contributed by atoms with Crippen LogP contribution in [0.1, 0.15) is 45.0 Å². The number of hydrogen-bond donors (Lipinski definition) is 1. The van der Waals surface area contributed by atoms with Crippen LogP contribution in [0.2, 0.25) is 0 Å². The van der Waals surface area contributed by atoms with Crippen LogP contribution in [0, 0.1) is 34.6 Å². The number of aryl methyl sites for hydroxylation is 3. The van der Waals surface area contributed by atoms with Crippen molar-refractivity contribution in [1.82, 2.24) is 5.32 Å². The third-order valence-electron chi connectivity index (χ3n) is 4.38. The first kappa shape index (κ1) is 14.8. The molecule has 2 aromatic rings. The van der Waals surface area contributed by atoms with Crippen molar-refractivity contribution in [2.75, 3.05) is 7.05 Å². The fraction of sp³-hybridized carbons (Fsp3) is 0.368. The lowest BCUT2D eigenvalue weighted by molar-refractivity contribution is 0.680. The first-order chi connectivity index (χ1) is 9.45. The second-order valence-electron chi connectivity index (χ2n) is 5.81. The molecule has 0 spiro atoms. The van der Waals surface area contributed by atoms with Crippen molar-refractivity contribution in [1.29, 1.82) is 0 Å². The molecule has 1 N–H and O–H groups in total. The van der Waals surface area contributed by atoms with E-state index in [4.69, 9.17) is 0 Å². The van der Waals surface area contributed by atoms with E-state index in [9.17, 15) is 0 Å². The number of hydrogen-bond acceptors (Lipinski definition) is 1. The molecule has 0 bridgehead atoms. The van der Waals surface area contributed by atoms with Crippen LogP contribution >= 0.6 is 0 Å². The Kier molecular flexibility index (Phi) is 4.29. The van der Waals surface area contributed by atoms with Gasteiger partial charge in [-0.15, -0.1) is 0 Å². The molecule has 0 saturated carbocycles. The SMILES string of the molecule is CNC(c1cccc(C)c1)c1c(C)c(C)cc(C)c1C. The molecule has 0 amide bonds. The lowest BCUT2D eigenvalue weighted by Gasteiger charge is -2.24. The first-order valence-electron chi connectivity index (χ1n) is 7.26. The topological polar surface area (TPSA) is 12.0 Å². The van der Waals surface area contributed by atoms with E-state index in [0.29, 0.717) is 0 Å². The average Bonchev–Trinajstić information content (AvgIpc) is 2.41. The molecule has 1 heteroatoms. The molecule has 0 aliphatic heterocycles. The minimum atomic E-state index is 0.258. The standard InChI is InChI=1S/C19H25N/c1-12-8-7-9-17(10-12)19(20-6)18-15(4)13(2)11-14(3)16(18)5/h7-11,19-20H,1-6H3. The van der Waals surface area contributed by atoms with E-state index >= 15 is 0 Å². The van der Waals surface area contributed by atoms with Crippen LogP contribution in [-0.2, 0) is 0 Å². The molecular formula is C19H25N. The highest BCUT2D eigenvalue weighted by atomic mass is 14.9. The summed E-state index contributed by atoms with van der Waals surface area (Å²) in [6, 6.07) is 11.3. The van der Waals surface area contributed by atoms with E-state index < -0.39 is 0 Å². The van der Waals surface area contributed by atoms with Gasteiger partial charge in [0.1, 0.15) is 0 Å². The summed E-state index contributed by atoms with van der Waals surface area (Å²) in [5.41, 5.74) is 9.61. The molecule has 0 radical (unpaired) electrons. The van der Waals surface area contributed by atoms with Gasteiger partial charge in [-0.05, 0) is 75.0 Å². The van der Waals surface area contributed by atoms with Crippen molar-refractivity contribution in [3.63, 3.8) is 0 Å². The molecule has 0 aliphatic rings. The summed E-state index contributed by atoms with van der Waals surface area (Å²) < 4.78 is 0. The maximum Gasteiger partial charge on any atom is 0.0579 e. The predicted molar refractivity (Wildman–Crippen MR) is 87.5 cm³/mol. The summed E-state index contributed by atoms with van der Waals surface area (Å²) in [4.78, 5) is 0. The van der Waals surface area contributed by atoms with Gasteiger partial charge in [0.2, 0.25) is 0 Å². The molecule has 0 saturated heterocycles. The molecule has 0 fully saturated rings. The van der Waals surface area contributed by atoms with Gasteiger partial charge in [-0.3, -0.25) is 0 Å². The summed E-state index contributed by atoms with van der Waals surface area (Å²) in [7, 11) is 2.05. The Morgan fingerprint density at radius 2 is 1.45 bits per heavy atom. The third kappa shape index (κ3) is 2.64. The highest BCUT2D eigenvalue weighted by Gasteiger charge is 2.19. The summed E-state index contributed by atoms with van der Waals surface area (Å²) in [6.45, 7) is 11.0. The molecule has 0 aliphatic carbocycles. The second-order valence-corrected chi connectivity index (χ2v) is 5.81. The smallest absolute Gasteiger partial charge is 0.0579 e. The zero-order chi connectivity index (χ0) is 14.9. The van der Waals surface area contributed by atoms with Gasteiger partial charge < -0.3 is 5.32 Å². The Morgan fingerprint density at radius 1 is 0.850 bits per heavy atom. The van der Waals surface area contributed by atoms with E-state index in [-0.39, 0.29) is 6.04 Å². The number of nitrogens with one attached hydrogen (secondary N) is 1. The van der Waals surface area contributed by atoms with Gasteiger partial charge in [0, 0.05) is 0 Å². The Labute approximate surface area is 123 Å². The van der Waals surface area contributed by atoms with Crippen molar-refractivity contribution < 1.29 is 0 Å². The highest BCUT2D eigenvalue weighted by molar-refractivity contribution is 5.49. The zero-order valence-electron chi connectivity index (χ0n) is 13.5. The monoisotopic (exact) mass is 267 g/mol. The minimum absolute atomic E-state index is 0.258. The number of benzene rings is 2. The van der Waals surface area contributed by atoms with Crippen LogP contribution in [0.5, 0.6) is 0 Å². The van der Waals surface area contributed by atoms with E-state index in [1.54, 1.807) is 0 Å². The second kappa shape index (κ2) is 5.80.